The first-order valence-electron chi connectivity index (χ1n) is 8.95. The van der Waals surface area contributed by atoms with E-state index in [0.29, 0.717) is 0 Å². The Morgan fingerprint density at radius 2 is 1.87 bits per heavy atom. The van der Waals surface area contributed by atoms with Crippen molar-refractivity contribution in [3.05, 3.63) is 42.1 Å². The fourth-order valence-corrected chi connectivity index (χ4v) is 3.39. The van der Waals surface area contributed by atoms with E-state index in [2.05, 4.69) is 4.98 Å². The van der Waals surface area contributed by atoms with Gasteiger partial charge in [-0.1, -0.05) is 0 Å². The predicted octanol–water partition coefficient (Wildman–Crippen LogP) is 2.72. The number of amides is 2. The number of benzene rings is 1. The molecule has 3 heterocycles. The normalized spacial score (nSPS) is 20.8. The number of aromatic nitrogens is 1. The Balaban J connectivity index is 1.60. The highest BCUT2D eigenvalue weighted by molar-refractivity contribution is 6.00. The average molecular weight is 425 g/mol. The number of hydrogen-bond acceptors (Lipinski definition) is 5. The summed E-state index contributed by atoms with van der Waals surface area (Å²) < 4.78 is 61.0. The van der Waals surface area contributed by atoms with E-state index < -0.39 is 54.3 Å². The van der Waals surface area contributed by atoms with Gasteiger partial charge in [0.1, 0.15) is 23.6 Å². The zero-order chi connectivity index (χ0) is 21.6. The van der Waals surface area contributed by atoms with Gasteiger partial charge >= 0.3 is 12.0 Å². The molecule has 2 saturated heterocycles. The molecule has 4 rings (SSSR count). The molecule has 0 spiro atoms. The molecular formula is C19H15F4N3O4. The van der Waals surface area contributed by atoms with Crippen molar-refractivity contribution in [3.63, 3.8) is 0 Å². The number of anilines is 2. The molecule has 0 saturated carbocycles. The Bertz CT molecular complexity index is 992. The lowest BCUT2D eigenvalue weighted by molar-refractivity contribution is -0.137. The van der Waals surface area contributed by atoms with Crippen molar-refractivity contribution >= 4 is 23.5 Å². The van der Waals surface area contributed by atoms with Crippen molar-refractivity contribution in [2.75, 3.05) is 29.5 Å². The fourth-order valence-electron chi connectivity index (χ4n) is 3.39. The molecule has 2 aliphatic heterocycles. The maximum absolute atomic E-state index is 14.7. The van der Waals surface area contributed by atoms with E-state index in [9.17, 15) is 27.2 Å². The molecule has 1 N–H and O–H groups in total. The molecular weight excluding hydrogens is 410 g/mol. The lowest BCUT2D eigenvalue weighted by Crippen LogP contribution is -2.33. The second-order valence-electron chi connectivity index (χ2n) is 6.90. The van der Waals surface area contributed by atoms with E-state index in [1.165, 1.54) is 12.1 Å². The third-order valence-corrected chi connectivity index (χ3v) is 4.94. The highest BCUT2D eigenvalue weighted by Crippen LogP contribution is 2.34. The number of carbonyl (C=O) groups excluding carboxylic acids is 2. The Kier molecular flexibility index (Phi) is 4.85. The number of aliphatic hydroxyl groups excluding tert-OH is 1. The number of alkyl halides is 2. The number of rotatable bonds is 4. The number of cyclic esters (lactones) is 1. The molecule has 7 nitrogen and oxygen atoms in total. The van der Waals surface area contributed by atoms with Crippen LogP contribution in [0.25, 0.3) is 11.1 Å². The van der Waals surface area contributed by atoms with E-state index in [1.807, 2.05) is 0 Å². The van der Waals surface area contributed by atoms with Crippen LogP contribution in [0.5, 0.6) is 0 Å². The van der Waals surface area contributed by atoms with Gasteiger partial charge in [-0.2, -0.15) is 8.78 Å². The predicted molar refractivity (Wildman–Crippen MR) is 96.2 cm³/mol. The SMILES string of the molecule is O=C1O[C@@H](CO)CN1c1cc(F)c(-c2ccc(N3CCC(F)(F)C3=O)nc2)c(F)c1. The average Bonchev–Trinajstić information content (AvgIpc) is 3.21. The van der Waals surface area contributed by atoms with E-state index >= 15 is 0 Å². The standard InChI is InChI=1S/C19H15F4N3O4/c20-13-5-11(26-8-12(9-27)30-18(26)29)6-14(21)16(13)10-1-2-15(24-7-10)25-4-3-19(22,23)17(25)28/h1-2,5-7,12,27H,3-4,8-9H2/t12-/m1/s1. The largest absolute Gasteiger partial charge is 0.441 e. The van der Waals surface area contributed by atoms with E-state index in [-0.39, 0.29) is 30.2 Å². The number of aliphatic hydroxyl groups is 1. The van der Waals surface area contributed by atoms with Crippen LogP contribution in [-0.4, -0.2) is 53.8 Å². The van der Waals surface area contributed by atoms with Crippen molar-refractivity contribution in [2.24, 2.45) is 0 Å². The van der Waals surface area contributed by atoms with Crippen LogP contribution in [-0.2, 0) is 9.53 Å². The Hall–Kier alpha value is -3.21. The Morgan fingerprint density at radius 1 is 1.17 bits per heavy atom. The topological polar surface area (TPSA) is 83.0 Å². The van der Waals surface area contributed by atoms with Crippen molar-refractivity contribution in [1.29, 1.82) is 0 Å². The van der Waals surface area contributed by atoms with Gasteiger partial charge in [0, 0.05) is 24.7 Å². The second-order valence-corrected chi connectivity index (χ2v) is 6.90. The van der Waals surface area contributed by atoms with Crippen LogP contribution < -0.4 is 9.80 Å². The lowest BCUT2D eigenvalue weighted by Gasteiger charge is -2.17. The van der Waals surface area contributed by atoms with Crippen LogP contribution >= 0.6 is 0 Å². The molecule has 0 unspecified atom stereocenters. The van der Waals surface area contributed by atoms with Crippen molar-refractivity contribution in [2.45, 2.75) is 18.4 Å². The first kappa shape index (κ1) is 20.1. The smallest absolute Gasteiger partial charge is 0.414 e. The van der Waals surface area contributed by atoms with Crippen LogP contribution in [0.15, 0.2) is 30.5 Å². The lowest BCUT2D eigenvalue weighted by atomic mass is 10.1. The zero-order valence-corrected chi connectivity index (χ0v) is 15.3. The monoisotopic (exact) mass is 425 g/mol. The molecule has 0 aliphatic carbocycles. The van der Waals surface area contributed by atoms with E-state index in [4.69, 9.17) is 9.84 Å². The summed E-state index contributed by atoms with van der Waals surface area (Å²) in [5.74, 6) is -6.84. The highest BCUT2D eigenvalue weighted by atomic mass is 19.3. The fraction of sp³-hybridized carbons (Fsp3) is 0.316. The summed E-state index contributed by atoms with van der Waals surface area (Å²) in [5, 5.41) is 9.07. The van der Waals surface area contributed by atoms with Gasteiger partial charge in [-0.25, -0.2) is 18.6 Å². The molecule has 0 radical (unpaired) electrons. The molecule has 2 aliphatic rings. The van der Waals surface area contributed by atoms with Gasteiger partial charge < -0.3 is 9.84 Å². The molecule has 2 aromatic rings. The number of nitrogens with zero attached hydrogens (tertiary/aromatic N) is 3. The minimum Gasteiger partial charge on any atom is -0.441 e. The number of pyridine rings is 1. The Morgan fingerprint density at radius 3 is 2.37 bits per heavy atom. The van der Waals surface area contributed by atoms with Crippen molar-refractivity contribution < 1.29 is 37.0 Å². The minimum absolute atomic E-state index is 0.0240. The van der Waals surface area contributed by atoms with Gasteiger partial charge in [-0.05, 0) is 24.3 Å². The van der Waals surface area contributed by atoms with Crippen LogP contribution in [0, 0.1) is 11.6 Å². The summed E-state index contributed by atoms with van der Waals surface area (Å²) in [5.41, 5.74) is -0.484. The molecule has 2 amide bonds. The molecule has 11 heteroatoms. The molecule has 1 aromatic carbocycles. The summed E-state index contributed by atoms with van der Waals surface area (Å²) in [7, 11) is 0. The summed E-state index contributed by atoms with van der Waals surface area (Å²) in [4.78, 5) is 29.2. The van der Waals surface area contributed by atoms with E-state index in [1.54, 1.807) is 0 Å². The van der Waals surface area contributed by atoms with Gasteiger partial charge in [0.2, 0.25) is 0 Å². The van der Waals surface area contributed by atoms with Crippen molar-refractivity contribution in [1.82, 2.24) is 4.98 Å². The quantitative estimate of drug-likeness (QED) is 0.762. The van der Waals surface area contributed by atoms with Gasteiger partial charge in [-0.15, -0.1) is 0 Å². The Labute approximate surface area is 167 Å². The maximum atomic E-state index is 14.7. The third kappa shape index (κ3) is 3.34. The van der Waals surface area contributed by atoms with Crippen LogP contribution in [0.1, 0.15) is 6.42 Å². The molecule has 2 fully saturated rings. The summed E-state index contributed by atoms with van der Waals surface area (Å²) in [6, 6.07) is 4.38. The minimum atomic E-state index is -3.46. The van der Waals surface area contributed by atoms with Gasteiger partial charge in [0.05, 0.1) is 24.4 Å². The van der Waals surface area contributed by atoms with Crippen LogP contribution in [0.2, 0.25) is 0 Å². The number of halogens is 4. The molecule has 0 bridgehead atoms. The van der Waals surface area contributed by atoms with Crippen LogP contribution in [0.4, 0.5) is 33.9 Å². The second kappa shape index (κ2) is 7.24. The van der Waals surface area contributed by atoms with Gasteiger partial charge in [0.25, 0.3) is 5.91 Å². The molecule has 30 heavy (non-hydrogen) atoms. The summed E-state index contributed by atoms with van der Waals surface area (Å²) >= 11 is 0. The van der Waals surface area contributed by atoms with Gasteiger partial charge in [-0.3, -0.25) is 14.6 Å². The summed E-state index contributed by atoms with van der Waals surface area (Å²) in [6.45, 7) is -0.691. The van der Waals surface area contributed by atoms with Crippen LogP contribution in [0.3, 0.4) is 0 Å². The molecule has 158 valence electrons. The molecule has 1 atom stereocenters. The number of hydrogen-bond donors (Lipinski definition) is 1. The number of ether oxygens (including phenoxy) is 1. The van der Waals surface area contributed by atoms with Gasteiger partial charge in [0.15, 0.2) is 0 Å². The zero-order valence-electron chi connectivity index (χ0n) is 15.3. The summed E-state index contributed by atoms with van der Waals surface area (Å²) in [6.07, 6.45) is -1.18. The number of carbonyl (C=O) groups is 2. The highest BCUT2D eigenvalue weighted by Gasteiger charge is 2.48. The first-order valence-corrected chi connectivity index (χ1v) is 8.95. The first-order chi connectivity index (χ1) is 14.2. The van der Waals surface area contributed by atoms with E-state index in [0.717, 1.165) is 28.1 Å². The van der Waals surface area contributed by atoms with Crippen molar-refractivity contribution in [3.8, 4) is 11.1 Å². The molecule has 1 aromatic heterocycles. The third-order valence-electron chi connectivity index (χ3n) is 4.94. The maximum Gasteiger partial charge on any atom is 0.414 e.